The molecule has 6 heteroatoms. The summed E-state index contributed by atoms with van der Waals surface area (Å²) in [5, 5.41) is 0.300. The molecule has 0 aromatic heterocycles. The summed E-state index contributed by atoms with van der Waals surface area (Å²) in [6, 6.07) is 13.8. The zero-order valence-corrected chi connectivity index (χ0v) is 13.7. The predicted molar refractivity (Wildman–Crippen MR) is 92.9 cm³/mol. The first-order valence-electron chi connectivity index (χ1n) is 6.76. The fourth-order valence-corrected chi connectivity index (χ4v) is 3.10. The molecule has 1 aliphatic rings. The molecule has 4 nitrogen and oxygen atoms in total. The standard InChI is InChI=1S/C17H12ClNO3S/c1-22-14-8-6-13(7-9-14)19-16(20)15(23-17(19)21)10-11-2-4-12(18)5-3-11/h2-10H,1H3/b15-10-. The van der Waals surface area contributed by atoms with Crippen molar-refractivity contribution in [1.29, 1.82) is 0 Å². The summed E-state index contributed by atoms with van der Waals surface area (Å²) < 4.78 is 5.08. The average molecular weight is 346 g/mol. The Hall–Kier alpha value is -2.24. The van der Waals surface area contributed by atoms with Crippen LogP contribution in [0.25, 0.3) is 6.08 Å². The van der Waals surface area contributed by atoms with Crippen molar-refractivity contribution >= 4 is 46.3 Å². The Balaban J connectivity index is 1.88. The molecule has 2 amide bonds. The van der Waals surface area contributed by atoms with Crippen molar-refractivity contribution in [2.45, 2.75) is 0 Å². The topological polar surface area (TPSA) is 46.6 Å². The minimum Gasteiger partial charge on any atom is -0.497 e. The summed E-state index contributed by atoms with van der Waals surface area (Å²) in [6.45, 7) is 0. The molecule has 1 heterocycles. The Bertz CT molecular complexity index is 784. The van der Waals surface area contributed by atoms with Crippen LogP contribution in [-0.2, 0) is 4.79 Å². The highest BCUT2D eigenvalue weighted by molar-refractivity contribution is 8.19. The van der Waals surface area contributed by atoms with Gasteiger partial charge in [-0.25, -0.2) is 4.90 Å². The molecular formula is C17H12ClNO3S. The largest absolute Gasteiger partial charge is 0.497 e. The van der Waals surface area contributed by atoms with E-state index in [1.54, 1.807) is 61.7 Å². The number of benzene rings is 2. The van der Waals surface area contributed by atoms with E-state index in [1.807, 2.05) is 0 Å². The molecule has 1 fully saturated rings. The Morgan fingerprint density at radius 3 is 2.30 bits per heavy atom. The fraction of sp³-hybridized carbons (Fsp3) is 0.0588. The molecule has 0 saturated carbocycles. The highest BCUT2D eigenvalue weighted by atomic mass is 35.5. The van der Waals surface area contributed by atoms with Gasteiger partial charge >= 0.3 is 0 Å². The van der Waals surface area contributed by atoms with Crippen LogP contribution in [0.15, 0.2) is 53.4 Å². The van der Waals surface area contributed by atoms with E-state index in [-0.39, 0.29) is 11.1 Å². The normalized spacial score (nSPS) is 16.3. The maximum Gasteiger partial charge on any atom is 0.298 e. The number of nitrogens with zero attached hydrogens (tertiary/aromatic N) is 1. The van der Waals surface area contributed by atoms with E-state index in [4.69, 9.17) is 16.3 Å². The predicted octanol–water partition coefficient (Wildman–Crippen LogP) is 4.59. The maximum absolute atomic E-state index is 12.5. The van der Waals surface area contributed by atoms with Gasteiger partial charge in [0.25, 0.3) is 11.1 Å². The Kier molecular flexibility index (Phi) is 4.41. The van der Waals surface area contributed by atoms with Gasteiger partial charge in [-0.1, -0.05) is 23.7 Å². The zero-order chi connectivity index (χ0) is 16.4. The molecule has 1 aliphatic heterocycles. The first-order valence-corrected chi connectivity index (χ1v) is 7.95. The summed E-state index contributed by atoms with van der Waals surface area (Å²) in [7, 11) is 1.56. The lowest BCUT2D eigenvalue weighted by Crippen LogP contribution is -2.27. The number of hydrogen-bond acceptors (Lipinski definition) is 4. The molecule has 0 N–H and O–H groups in total. The fourth-order valence-electron chi connectivity index (χ4n) is 2.13. The lowest BCUT2D eigenvalue weighted by molar-refractivity contribution is -0.113. The van der Waals surface area contributed by atoms with Crippen molar-refractivity contribution in [1.82, 2.24) is 0 Å². The molecule has 116 valence electrons. The second-order valence-electron chi connectivity index (χ2n) is 4.77. The number of anilines is 1. The molecular weight excluding hydrogens is 334 g/mol. The third-order valence-electron chi connectivity index (χ3n) is 3.29. The van der Waals surface area contributed by atoms with Gasteiger partial charge in [-0.15, -0.1) is 0 Å². The monoisotopic (exact) mass is 345 g/mol. The average Bonchev–Trinajstić information content (AvgIpc) is 2.84. The quantitative estimate of drug-likeness (QED) is 0.763. The van der Waals surface area contributed by atoms with Crippen LogP contribution in [0.1, 0.15) is 5.56 Å². The van der Waals surface area contributed by atoms with E-state index < -0.39 is 0 Å². The van der Waals surface area contributed by atoms with Crippen LogP contribution in [0.2, 0.25) is 5.02 Å². The molecule has 0 bridgehead atoms. The first kappa shape index (κ1) is 15.6. The lowest BCUT2D eigenvalue weighted by Gasteiger charge is -2.12. The highest BCUT2D eigenvalue weighted by Gasteiger charge is 2.36. The first-order chi connectivity index (χ1) is 11.1. The third kappa shape index (κ3) is 3.25. The van der Waals surface area contributed by atoms with Gasteiger partial charge in [0, 0.05) is 5.02 Å². The lowest BCUT2D eigenvalue weighted by atomic mass is 10.2. The van der Waals surface area contributed by atoms with Gasteiger partial charge in [-0.2, -0.15) is 0 Å². The number of methoxy groups -OCH3 is 1. The second-order valence-corrected chi connectivity index (χ2v) is 6.20. The molecule has 0 spiro atoms. The molecule has 0 aliphatic carbocycles. The number of hydrogen-bond donors (Lipinski definition) is 0. The SMILES string of the molecule is COc1ccc(N2C(=O)S/C(=C\c3ccc(Cl)cc3)C2=O)cc1. The van der Waals surface area contributed by atoms with Crippen LogP contribution < -0.4 is 9.64 Å². The number of thioether (sulfide) groups is 1. The van der Waals surface area contributed by atoms with Crippen molar-refractivity contribution in [3.63, 3.8) is 0 Å². The van der Waals surface area contributed by atoms with Crippen LogP contribution in [0.4, 0.5) is 10.5 Å². The van der Waals surface area contributed by atoms with Gasteiger partial charge in [0.05, 0.1) is 17.7 Å². The van der Waals surface area contributed by atoms with Crippen LogP contribution in [0, 0.1) is 0 Å². The zero-order valence-electron chi connectivity index (χ0n) is 12.2. The second kappa shape index (κ2) is 6.48. The van der Waals surface area contributed by atoms with E-state index in [1.165, 1.54) is 0 Å². The van der Waals surface area contributed by atoms with Crippen LogP contribution in [0.5, 0.6) is 5.75 Å². The molecule has 0 atom stereocenters. The van der Waals surface area contributed by atoms with E-state index in [0.29, 0.717) is 21.4 Å². The number of imide groups is 1. The van der Waals surface area contributed by atoms with Gasteiger partial charge < -0.3 is 4.74 Å². The van der Waals surface area contributed by atoms with Crippen molar-refractivity contribution in [3.8, 4) is 5.75 Å². The maximum atomic E-state index is 12.5. The smallest absolute Gasteiger partial charge is 0.298 e. The van der Waals surface area contributed by atoms with E-state index in [2.05, 4.69) is 0 Å². The van der Waals surface area contributed by atoms with Crippen molar-refractivity contribution < 1.29 is 14.3 Å². The molecule has 0 unspecified atom stereocenters. The van der Waals surface area contributed by atoms with Gasteiger partial charge in [0.1, 0.15) is 5.75 Å². The van der Waals surface area contributed by atoms with E-state index in [9.17, 15) is 9.59 Å². The van der Waals surface area contributed by atoms with Gasteiger partial charge in [-0.05, 0) is 59.8 Å². The Morgan fingerprint density at radius 1 is 1.04 bits per heavy atom. The Morgan fingerprint density at radius 2 is 1.70 bits per heavy atom. The summed E-state index contributed by atoms with van der Waals surface area (Å²) in [4.78, 5) is 26.2. The Labute approximate surface area is 142 Å². The third-order valence-corrected chi connectivity index (χ3v) is 4.41. The molecule has 1 saturated heterocycles. The molecule has 23 heavy (non-hydrogen) atoms. The number of ether oxygens (including phenoxy) is 1. The number of carbonyl (C=O) groups is 2. The minimum atomic E-state index is -0.333. The van der Waals surface area contributed by atoms with E-state index in [0.717, 1.165) is 22.2 Å². The summed E-state index contributed by atoms with van der Waals surface area (Å²) in [5.41, 5.74) is 1.34. The molecule has 0 radical (unpaired) electrons. The van der Waals surface area contributed by atoms with Crippen LogP contribution in [0.3, 0.4) is 0 Å². The van der Waals surface area contributed by atoms with E-state index >= 15 is 0 Å². The molecule has 2 aromatic rings. The van der Waals surface area contributed by atoms with Gasteiger partial charge in [0.15, 0.2) is 0 Å². The number of rotatable bonds is 3. The number of amides is 2. The van der Waals surface area contributed by atoms with Crippen molar-refractivity contribution in [2.75, 3.05) is 12.0 Å². The summed E-state index contributed by atoms with van der Waals surface area (Å²) in [5.74, 6) is 0.331. The summed E-state index contributed by atoms with van der Waals surface area (Å²) >= 11 is 6.76. The van der Waals surface area contributed by atoms with Gasteiger partial charge in [0.2, 0.25) is 0 Å². The van der Waals surface area contributed by atoms with Crippen molar-refractivity contribution in [2.24, 2.45) is 0 Å². The van der Waals surface area contributed by atoms with Crippen LogP contribution in [-0.4, -0.2) is 18.3 Å². The molecule has 2 aromatic carbocycles. The van der Waals surface area contributed by atoms with Gasteiger partial charge in [-0.3, -0.25) is 9.59 Å². The van der Waals surface area contributed by atoms with Crippen molar-refractivity contribution in [3.05, 3.63) is 64.0 Å². The minimum absolute atomic E-state index is 0.319. The van der Waals surface area contributed by atoms with Crippen LogP contribution >= 0.6 is 23.4 Å². The number of carbonyl (C=O) groups excluding carboxylic acids is 2. The number of halogens is 1. The highest BCUT2D eigenvalue weighted by Crippen LogP contribution is 2.36. The summed E-state index contributed by atoms with van der Waals surface area (Å²) in [6.07, 6.45) is 1.69. The molecule has 3 rings (SSSR count).